The first-order valence-electron chi connectivity index (χ1n) is 11.6. The molecule has 35 heavy (non-hydrogen) atoms. The summed E-state index contributed by atoms with van der Waals surface area (Å²) < 4.78 is 15.0. The number of thioether (sulfide) groups is 1. The Morgan fingerprint density at radius 2 is 1.71 bits per heavy atom. The number of fused-ring (bicyclic) bond motifs is 5. The van der Waals surface area contributed by atoms with Crippen LogP contribution in [-0.2, 0) is 0 Å². The van der Waals surface area contributed by atoms with E-state index in [0.29, 0.717) is 16.9 Å². The zero-order valence-electron chi connectivity index (χ0n) is 18.6. The van der Waals surface area contributed by atoms with Crippen molar-refractivity contribution in [2.75, 3.05) is 5.32 Å². The van der Waals surface area contributed by atoms with Crippen LogP contribution in [0.1, 0.15) is 29.5 Å². The van der Waals surface area contributed by atoms with Gasteiger partial charge in [-0.05, 0) is 46.9 Å². The number of hydrogen-bond acceptors (Lipinski definition) is 4. The summed E-state index contributed by atoms with van der Waals surface area (Å²) in [6.45, 7) is 0. The van der Waals surface area contributed by atoms with Crippen LogP contribution in [-0.4, -0.2) is 15.6 Å². The highest BCUT2D eigenvalue weighted by Crippen LogP contribution is 2.59. The molecule has 0 unspecified atom stereocenters. The molecule has 0 aromatic heterocycles. The van der Waals surface area contributed by atoms with E-state index in [2.05, 4.69) is 29.6 Å². The molecule has 4 nitrogen and oxygen atoms in total. The van der Waals surface area contributed by atoms with Crippen molar-refractivity contribution >= 4 is 45.5 Å². The van der Waals surface area contributed by atoms with Gasteiger partial charge in [-0.1, -0.05) is 60.7 Å². The second-order valence-corrected chi connectivity index (χ2v) is 10.9. The van der Waals surface area contributed by atoms with E-state index in [4.69, 9.17) is 11.6 Å². The fourth-order valence-electron chi connectivity index (χ4n) is 5.80. The molecule has 0 saturated heterocycles. The maximum atomic E-state index is 15.0. The van der Waals surface area contributed by atoms with Gasteiger partial charge in [-0.2, -0.15) is 0 Å². The van der Waals surface area contributed by atoms with Crippen molar-refractivity contribution in [1.29, 1.82) is 0 Å². The summed E-state index contributed by atoms with van der Waals surface area (Å²) in [4.78, 5) is 11.9. The first-order chi connectivity index (χ1) is 17.0. The minimum atomic E-state index is -0.347. The Hall–Kier alpha value is -3.09. The summed E-state index contributed by atoms with van der Waals surface area (Å²) >= 11 is 8.71. The second-order valence-electron chi connectivity index (χ2n) is 9.14. The Morgan fingerprint density at radius 3 is 2.54 bits per heavy atom. The van der Waals surface area contributed by atoms with Crippen LogP contribution in [0.15, 0.2) is 89.8 Å². The molecule has 0 amide bonds. The van der Waals surface area contributed by atoms with E-state index in [0.717, 1.165) is 22.0 Å². The lowest BCUT2D eigenvalue weighted by atomic mass is 9.75. The second kappa shape index (κ2) is 8.85. The number of nitro benzene ring substituents is 1. The molecule has 0 radical (unpaired) electrons. The van der Waals surface area contributed by atoms with Crippen molar-refractivity contribution in [2.24, 2.45) is 5.92 Å². The number of benzene rings is 4. The van der Waals surface area contributed by atoms with Crippen LogP contribution in [0.4, 0.5) is 15.8 Å². The molecule has 0 spiro atoms. The van der Waals surface area contributed by atoms with Gasteiger partial charge < -0.3 is 5.32 Å². The number of anilines is 1. The number of nitrogens with zero attached hydrogens (tertiary/aromatic N) is 1. The van der Waals surface area contributed by atoms with Gasteiger partial charge in [0.25, 0.3) is 5.69 Å². The maximum absolute atomic E-state index is 15.0. The molecule has 0 bridgehead atoms. The predicted octanol–water partition coefficient (Wildman–Crippen LogP) is 7.93. The van der Waals surface area contributed by atoms with Crippen molar-refractivity contribution in [3.05, 3.63) is 112 Å². The minimum absolute atomic E-state index is 0.0242. The average molecular weight is 505 g/mol. The fraction of sp³-hybridized carbons (Fsp3) is 0.214. The molecule has 6 rings (SSSR count). The van der Waals surface area contributed by atoms with Crippen molar-refractivity contribution in [1.82, 2.24) is 0 Å². The molecule has 1 saturated carbocycles. The molecule has 176 valence electrons. The predicted molar refractivity (Wildman–Crippen MR) is 140 cm³/mol. The summed E-state index contributed by atoms with van der Waals surface area (Å²) in [5.41, 5.74) is 2.85. The molecule has 1 aliphatic heterocycles. The number of hydrogen-bond donors (Lipinski definition) is 1. The summed E-state index contributed by atoms with van der Waals surface area (Å²) in [5.74, 6) is -0.231. The lowest BCUT2D eigenvalue weighted by Crippen LogP contribution is -2.31. The van der Waals surface area contributed by atoms with Crippen molar-refractivity contribution in [3.63, 3.8) is 0 Å². The van der Waals surface area contributed by atoms with E-state index in [9.17, 15) is 14.5 Å². The number of nitro groups is 1. The molecule has 2 aliphatic rings. The van der Waals surface area contributed by atoms with E-state index in [1.165, 1.54) is 23.9 Å². The molecule has 4 aromatic carbocycles. The SMILES string of the molecule is O=[N+]([O-])c1ccccc1S[C@H]1C[C@H]2[C@H](c3c(ccc4ccccc34)N[C@H]2c2ccccc2F)[C@H]1Cl. The molecule has 1 fully saturated rings. The standard InChI is InChI=1S/C28H22ClFN2O2S/c29-27-24(35-23-12-6-5-11-22(23)32(33)34)15-19-26(27)25-17-8-2-1-7-16(17)13-14-21(25)31-28(19)18-9-3-4-10-20(18)30/h1-14,19,24,26-28,31H,15H2/t19-,24-,26+,27-,28-/m0/s1. The molecule has 7 heteroatoms. The third kappa shape index (κ3) is 3.76. The number of nitrogens with one attached hydrogen (secondary N) is 1. The number of halogens is 2. The van der Waals surface area contributed by atoms with E-state index >= 15 is 0 Å². The highest BCUT2D eigenvalue weighted by molar-refractivity contribution is 8.00. The van der Waals surface area contributed by atoms with Gasteiger partial charge in [-0.25, -0.2) is 4.39 Å². The van der Waals surface area contributed by atoms with Crippen LogP contribution >= 0.6 is 23.4 Å². The Labute approximate surface area is 211 Å². The maximum Gasteiger partial charge on any atom is 0.282 e. The first kappa shape index (κ1) is 22.4. The number of rotatable bonds is 4. The summed E-state index contributed by atoms with van der Waals surface area (Å²) in [7, 11) is 0. The van der Waals surface area contributed by atoms with Gasteiger partial charge in [-0.3, -0.25) is 10.1 Å². The van der Waals surface area contributed by atoms with Crippen LogP contribution in [0.5, 0.6) is 0 Å². The zero-order valence-corrected chi connectivity index (χ0v) is 20.2. The number of alkyl halides is 1. The van der Waals surface area contributed by atoms with Crippen LogP contribution in [0.3, 0.4) is 0 Å². The Bertz CT molecular complexity index is 1450. The highest BCUT2D eigenvalue weighted by Gasteiger charge is 2.51. The van der Waals surface area contributed by atoms with E-state index in [1.54, 1.807) is 18.2 Å². The van der Waals surface area contributed by atoms with Gasteiger partial charge in [0.1, 0.15) is 5.82 Å². The normalized spacial score (nSPS) is 25.0. The highest BCUT2D eigenvalue weighted by atomic mass is 35.5. The summed E-state index contributed by atoms with van der Waals surface area (Å²) in [6, 6.07) is 25.8. The molecule has 5 atom stereocenters. The lowest BCUT2D eigenvalue weighted by Gasteiger charge is -2.39. The molecule has 1 aliphatic carbocycles. The molecular formula is C28H22ClFN2O2S. The average Bonchev–Trinajstić information content (AvgIpc) is 3.19. The van der Waals surface area contributed by atoms with Gasteiger partial charge in [0.15, 0.2) is 0 Å². The van der Waals surface area contributed by atoms with Gasteiger partial charge in [0.2, 0.25) is 0 Å². The number of para-hydroxylation sites is 1. The fourth-order valence-corrected chi connectivity index (χ4v) is 7.74. The molecular weight excluding hydrogens is 483 g/mol. The molecule has 1 N–H and O–H groups in total. The molecule has 4 aromatic rings. The van der Waals surface area contributed by atoms with Crippen molar-refractivity contribution in [2.45, 2.75) is 33.9 Å². The minimum Gasteiger partial charge on any atom is -0.378 e. The topological polar surface area (TPSA) is 55.2 Å². The smallest absolute Gasteiger partial charge is 0.282 e. The quantitative estimate of drug-likeness (QED) is 0.174. The zero-order chi connectivity index (χ0) is 24.1. The largest absolute Gasteiger partial charge is 0.378 e. The van der Waals surface area contributed by atoms with Gasteiger partial charge in [0, 0.05) is 28.5 Å². The summed E-state index contributed by atoms with van der Waals surface area (Å²) in [6.07, 6.45) is 0.713. The van der Waals surface area contributed by atoms with Crippen molar-refractivity contribution < 1.29 is 9.31 Å². The van der Waals surface area contributed by atoms with Crippen LogP contribution in [0.2, 0.25) is 0 Å². The first-order valence-corrected chi connectivity index (χ1v) is 12.9. The van der Waals surface area contributed by atoms with Crippen molar-refractivity contribution in [3.8, 4) is 0 Å². The van der Waals surface area contributed by atoms with E-state index < -0.39 is 0 Å². The molecule has 1 heterocycles. The monoisotopic (exact) mass is 504 g/mol. The van der Waals surface area contributed by atoms with Gasteiger partial charge in [-0.15, -0.1) is 23.4 Å². The Morgan fingerprint density at radius 1 is 0.971 bits per heavy atom. The third-order valence-corrected chi connectivity index (χ3v) is 9.40. The third-order valence-electron chi connectivity index (χ3n) is 7.29. The van der Waals surface area contributed by atoms with Gasteiger partial charge in [0.05, 0.1) is 21.2 Å². The van der Waals surface area contributed by atoms with E-state index in [-0.39, 0.29) is 44.9 Å². The van der Waals surface area contributed by atoms with Gasteiger partial charge >= 0.3 is 0 Å². The van der Waals surface area contributed by atoms with Crippen LogP contribution in [0, 0.1) is 21.8 Å². The van der Waals surface area contributed by atoms with E-state index in [1.807, 2.05) is 30.3 Å². The lowest BCUT2D eigenvalue weighted by molar-refractivity contribution is -0.387. The van der Waals surface area contributed by atoms with Crippen LogP contribution in [0.25, 0.3) is 10.8 Å². The van der Waals surface area contributed by atoms with Crippen LogP contribution < -0.4 is 5.32 Å². The Kier molecular flexibility index (Phi) is 5.66. The Balaban J connectivity index is 1.47. The summed E-state index contributed by atoms with van der Waals surface area (Å²) in [5, 5.41) is 17.2.